The van der Waals surface area contributed by atoms with Crippen LogP contribution >= 0.6 is 11.3 Å². The van der Waals surface area contributed by atoms with Crippen molar-refractivity contribution in [3.63, 3.8) is 0 Å². The number of carbonyl (C=O) groups is 2. The number of nitrogens with zero attached hydrogens (tertiary/aromatic N) is 1. The number of fused-ring (bicyclic) bond motifs is 1. The SMILES string of the molecule is COc1ccc(-c2nc(CC(=O)N[C@H](Cc3c[nH]c4ccccc34)C(=O)O)cs2)cc1OC. The Morgan fingerprint density at radius 1 is 1.15 bits per heavy atom. The van der Waals surface area contributed by atoms with Gasteiger partial charge in [-0.25, -0.2) is 9.78 Å². The van der Waals surface area contributed by atoms with Crippen LogP contribution in [-0.4, -0.2) is 47.2 Å². The molecular formula is C24H23N3O5S. The van der Waals surface area contributed by atoms with Gasteiger partial charge in [-0.15, -0.1) is 11.3 Å². The molecular weight excluding hydrogens is 442 g/mol. The van der Waals surface area contributed by atoms with E-state index in [2.05, 4.69) is 15.3 Å². The smallest absolute Gasteiger partial charge is 0.326 e. The normalized spacial score (nSPS) is 11.8. The molecule has 0 saturated heterocycles. The van der Waals surface area contributed by atoms with Crippen molar-refractivity contribution >= 4 is 34.1 Å². The summed E-state index contributed by atoms with van der Waals surface area (Å²) in [5, 5.41) is 15.7. The molecule has 0 unspecified atom stereocenters. The van der Waals surface area contributed by atoms with E-state index in [1.807, 2.05) is 36.4 Å². The molecule has 0 radical (unpaired) electrons. The summed E-state index contributed by atoms with van der Waals surface area (Å²) in [4.78, 5) is 32.0. The predicted octanol–water partition coefficient (Wildman–Crippen LogP) is 3.66. The van der Waals surface area contributed by atoms with Crippen molar-refractivity contribution in [3.8, 4) is 22.1 Å². The van der Waals surface area contributed by atoms with Gasteiger partial charge in [0.15, 0.2) is 11.5 Å². The number of carboxylic acids is 1. The lowest BCUT2D eigenvalue weighted by molar-refractivity contribution is -0.141. The summed E-state index contributed by atoms with van der Waals surface area (Å²) in [5.74, 6) is -0.275. The minimum absolute atomic E-state index is 0.0124. The molecule has 0 aliphatic rings. The number of carboxylic acid groups (broad SMARTS) is 1. The van der Waals surface area contributed by atoms with Gasteiger partial charge in [-0.2, -0.15) is 0 Å². The van der Waals surface area contributed by atoms with E-state index in [4.69, 9.17) is 9.47 Å². The van der Waals surface area contributed by atoms with E-state index in [1.54, 1.807) is 31.9 Å². The molecule has 0 aliphatic carbocycles. The Hall–Kier alpha value is -3.85. The number of H-pyrrole nitrogens is 1. The number of aromatic nitrogens is 2. The third kappa shape index (κ3) is 4.98. The summed E-state index contributed by atoms with van der Waals surface area (Å²) in [6.07, 6.45) is 1.95. The van der Waals surface area contributed by atoms with E-state index >= 15 is 0 Å². The van der Waals surface area contributed by atoms with Gasteiger partial charge in [-0.3, -0.25) is 4.79 Å². The van der Waals surface area contributed by atoms with E-state index in [0.29, 0.717) is 17.2 Å². The van der Waals surface area contributed by atoms with Crippen molar-refractivity contribution in [1.29, 1.82) is 0 Å². The van der Waals surface area contributed by atoms with Crippen LogP contribution < -0.4 is 14.8 Å². The zero-order chi connectivity index (χ0) is 23.4. The van der Waals surface area contributed by atoms with Crippen LogP contribution in [0.4, 0.5) is 0 Å². The number of aliphatic carboxylic acids is 1. The molecule has 0 bridgehead atoms. The van der Waals surface area contributed by atoms with Crippen LogP contribution in [-0.2, 0) is 22.4 Å². The molecule has 0 aliphatic heterocycles. The number of rotatable bonds is 9. The van der Waals surface area contributed by atoms with Gasteiger partial charge in [0, 0.05) is 34.5 Å². The van der Waals surface area contributed by atoms with Gasteiger partial charge in [-0.1, -0.05) is 18.2 Å². The van der Waals surface area contributed by atoms with Crippen LogP contribution in [0.2, 0.25) is 0 Å². The highest BCUT2D eigenvalue weighted by Crippen LogP contribution is 2.33. The Labute approximate surface area is 194 Å². The van der Waals surface area contributed by atoms with Crippen LogP contribution in [0.3, 0.4) is 0 Å². The fraction of sp³-hybridized carbons (Fsp3) is 0.208. The molecule has 33 heavy (non-hydrogen) atoms. The number of aromatic amines is 1. The zero-order valence-electron chi connectivity index (χ0n) is 18.1. The quantitative estimate of drug-likeness (QED) is 0.348. The van der Waals surface area contributed by atoms with Gasteiger partial charge in [0.1, 0.15) is 11.0 Å². The zero-order valence-corrected chi connectivity index (χ0v) is 18.9. The number of methoxy groups -OCH3 is 2. The number of benzene rings is 2. The minimum atomic E-state index is -1.09. The molecule has 1 amide bonds. The molecule has 0 spiro atoms. The molecule has 2 aromatic heterocycles. The molecule has 3 N–H and O–H groups in total. The van der Waals surface area contributed by atoms with E-state index < -0.39 is 17.9 Å². The second-order valence-corrected chi connectivity index (χ2v) is 8.27. The number of hydrogen-bond donors (Lipinski definition) is 3. The van der Waals surface area contributed by atoms with Crippen LogP contribution in [0.15, 0.2) is 54.0 Å². The molecule has 9 heteroatoms. The average Bonchev–Trinajstić information content (AvgIpc) is 3.45. The first-order chi connectivity index (χ1) is 16.0. The molecule has 2 aromatic carbocycles. The maximum atomic E-state index is 12.6. The van der Waals surface area contributed by atoms with E-state index in [-0.39, 0.29) is 12.8 Å². The van der Waals surface area contributed by atoms with E-state index in [9.17, 15) is 14.7 Å². The van der Waals surface area contributed by atoms with Crippen molar-refractivity contribution in [2.24, 2.45) is 0 Å². The molecule has 8 nitrogen and oxygen atoms in total. The third-order valence-corrected chi connectivity index (χ3v) is 6.20. The van der Waals surface area contributed by atoms with Gasteiger partial charge in [-0.05, 0) is 29.8 Å². The van der Waals surface area contributed by atoms with Crippen LogP contribution in [0.25, 0.3) is 21.5 Å². The molecule has 0 fully saturated rings. The van der Waals surface area contributed by atoms with Crippen molar-refractivity contribution in [1.82, 2.24) is 15.3 Å². The third-order valence-electron chi connectivity index (χ3n) is 5.26. The largest absolute Gasteiger partial charge is 0.493 e. The van der Waals surface area contributed by atoms with Crippen molar-refractivity contribution in [2.45, 2.75) is 18.9 Å². The number of para-hydroxylation sites is 1. The number of amides is 1. The molecule has 170 valence electrons. The second kappa shape index (κ2) is 9.74. The number of nitrogens with one attached hydrogen (secondary N) is 2. The summed E-state index contributed by atoms with van der Waals surface area (Å²) in [6.45, 7) is 0. The Bertz CT molecular complexity index is 1300. The Balaban J connectivity index is 1.43. The maximum Gasteiger partial charge on any atom is 0.326 e. The fourth-order valence-electron chi connectivity index (χ4n) is 3.62. The van der Waals surface area contributed by atoms with Gasteiger partial charge < -0.3 is 24.9 Å². The molecule has 4 aromatic rings. The van der Waals surface area contributed by atoms with Gasteiger partial charge in [0.05, 0.1) is 26.3 Å². The lowest BCUT2D eigenvalue weighted by atomic mass is 10.0. The maximum absolute atomic E-state index is 12.6. The highest BCUT2D eigenvalue weighted by Gasteiger charge is 2.22. The Morgan fingerprint density at radius 2 is 1.94 bits per heavy atom. The second-order valence-electron chi connectivity index (χ2n) is 7.41. The van der Waals surface area contributed by atoms with Crippen molar-refractivity contribution in [2.75, 3.05) is 14.2 Å². The summed E-state index contributed by atoms with van der Waals surface area (Å²) >= 11 is 1.40. The first kappa shape index (κ1) is 22.3. The lowest BCUT2D eigenvalue weighted by Gasteiger charge is -2.14. The monoisotopic (exact) mass is 465 g/mol. The summed E-state index contributed by atoms with van der Waals surface area (Å²) in [6, 6.07) is 12.1. The molecule has 2 heterocycles. The van der Waals surface area contributed by atoms with Crippen LogP contribution in [0.1, 0.15) is 11.3 Å². The Kier molecular flexibility index (Phi) is 6.60. The Morgan fingerprint density at radius 3 is 2.70 bits per heavy atom. The summed E-state index contributed by atoms with van der Waals surface area (Å²) in [5.41, 5.74) is 3.17. The summed E-state index contributed by atoms with van der Waals surface area (Å²) in [7, 11) is 3.13. The van der Waals surface area contributed by atoms with E-state index in [1.165, 1.54) is 11.3 Å². The van der Waals surface area contributed by atoms with Gasteiger partial charge in [0.2, 0.25) is 5.91 Å². The van der Waals surface area contributed by atoms with Gasteiger partial charge in [0.25, 0.3) is 0 Å². The first-order valence-corrected chi connectivity index (χ1v) is 11.1. The fourth-order valence-corrected chi connectivity index (χ4v) is 4.44. The van der Waals surface area contributed by atoms with Crippen LogP contribution in [0, 0.1) is 0 Å². The first-order valence-electron chi connectivity index (χ1n) is 10.2. The average molecular weight is 466 g/mol. The predicted molar refractivity (Wildman–Crippen MR) is 126 cm³/mol. The molecule has 1 atom stereocenters. The standard InChI is InChI=1S/C24H23N3O5S/c1-31-20-8-7-14(10-21(20)32-2)23-26-16(13-33-23)11-22(28)27-19(24(29)30)9-15-12-25-18-6-4-3-5-17(15)18/h3-8,10,12-13,19,25H,9,11H2,1-2H3,(H,27,28)(H,29,30)/t19-/m1/s1. The molecule has 4 rings (SSSR count). The highest BCUT2D eigenvalue weighted by molar-refractivity contribution is 7.13. The number of carbonyl (C=O) groups excluding carboxylic acids is 1. The topological polar surface area (TPSA) is 114 Å². The van der Waals surface area contributed by atoms with Gasteiger partial charge >= 0.3 is 5.97 Å². The van der Waals surface area contributed by atoms with Crippen molar-refractivity contribution in [3.05, 3.63) is 65.3 Å². The molecule has 0 saturated carbocycles. The number of ether oxygens (including phenoxy) is 2. The number of hydrogen-bond acceptors (Lipinski definition) is 6. The van der Waals surface area contributed by atoms with E-state index in [0.717, 1.165) is 27.0 Å². The lowest BCUT2D eigenvalue weighted by Crippen LogP contribution is -2.43. The minimum Gasteiger partial charge on any atom is -0.493 e. The summed E-state index contributed by atoms with van der Waals surface area (Å²) < 4.78 is 10.6. The highest BCUT2D eigenvalue weighted by atomic mass is 32.1. The number of thiazole rings is 1. The van der Waals surface area contributed by atoms with Crippen molar-refractivity contribution < 1.29 is 24.2 Å². The van der Waals surface area contributed by atoms with Crippen LogP contribution in [0.5, 0.6) is 11.5 Å².